The number of rotatable bonds is 7. The highest BCUT2D eigenvalue weighted by Gasteiger charge is 2.34. The monoisotopic (exact) mass is 386 g/mol. The number of methoxy groups -OCH3 is 1. The predicted octanol–water partition coefficient (Wildman–Crippen LogP) is 2.90. The number of benzene rings is 1. The molecule has 2 saturated heterocycles. The minimum absolute atomic E-state index is 0.226. The maximum Gasteiger partial charge on any atom is 0.227 e. The Morgan fingerprint density at radius 3 is 3.04 bits per heavy atom. The van der Waals surface area contributed by atoms with Crippen LogP contribution in [0.1, 0.15) is 43.2 Å². The van der Waals surface area contributed by atoms with Crippen LogP contribution >= 0.6 is 0 Å². The molecular weight excluding hydrogens is 352 g/mol. The number of ether oxygens (including phenoxy) is 2. The molecule has 5 nitrogen and oxygen atoms in total. The van der Waals surface area contributed by atoms with Gasteiger partial charge in [-0.2, -0.15) is 0 Å². The van der Waals surface area contributed by atoms with E-state index in [0.717, 1.165) is 30.9 Å². The van der Waals surface area contributed by atoms with Gasteiger partial charge in [0.1, 0.15) is 5.75 Å². The average Bonchev–Trinajstić information content (AvgIpc) is 3.19. The Balaban J connectivity index is 1.42. The molecule has 154 valence electrons. The van der Waals surface area contributed by atoms with Crippen molar-refractivity contribution in [3.8, 4) is 5.75 Å². The highest BCUT2D eigenvalue weighted by Crippen LogP contribution is 2.32. The van der Waals surface area contributed by atoms with Crippen molar-refractivity contribution in [1.29, 1.82) is 0 Å². The smallest absolute Gasteiger partial charge is 0.227 e. The molecule has 2 atom stereocenters. The largest absolute Gasteiger partial charge is 0.493 e. The zero-order valence-corrected chi connectivity index (χ0v) is 17.2. The van der Waals surface area contributed by atoms with Gasteiger partial charge >= 0.3 is 0 Å². The summed E-state index contributed by atoms with van der Waals surface area (Å²) in [5.41, 5.74) is 2.33. The summed E-state index contributed by atoms with van der Waals surface area (Å²) < 4.78 is 10.9. The molecule has 3 heterocycles. The maximum absolute atomic E-state index is 13.2. The van der Waals surface area contributed by atoms with Crippen molar-refractivity contribution in [2.45, 2.75) is 51.0 Å². The van der Waals surface area contributed by atoms with Crippen molar-refractivity contribution in [3.63, 3.8) is 0 Å². The first-order valence-corrected chi connectivity index (χ1v) is 11.0. The second-order valence-corrected chi connectivity index (χ2v) is 8.55. The molecule has 3 aliphatic rings. The maximum atomic E-state index is 13.2. The number of piperidine rings is 2. The van der Waals surface area contributed by atoms with Gasteiger partial charge in [-0.15, -0.1) is 0 Å². The molecule has 3 aliphatic heterocycles. The Hall–Kier alpha value is -1.59. The van der Waals surface area contributed by atoms with Crippen LogP contribution in [-0.2, 0) is 22.4 Å². The van der Waals surface area contributed by atoms with E-state index in [2.05, 4.69) is 15.9 Å². The lowest BCUT2D eigenvalue weighted by Crippen LogP contribution is -2.52. The topological polar surface area (TPSA) is 42.0 Å². The van der Waals surface area contributed by atoms with Gasteiger partial charge in [-0.1, -0.05) is 18.6 Å². The molecule has 5 heteroatoms. The quantitative estimate of drug-likeness (QED) is 0.723. The van der Waals surface area contributed by atoms with Crippen LogP contribution in [0.3, 0.4) is 0 Å². The van der Waals surface area contributed by atoms with Crippen molar-refractivity contribution in [3.05, 3.63) is 29.3 Å². The molecule has 1 aromatic carbocycles. The van der Waals surface area contributed by atoms with Gasteiger partial charge in [0.25, 0.3) is 0 Å². The van der Waals surface area contributed by atoms with Crippen LogP contribution in [0.4, 0.5) is 0 Å². The predicted molar refractivity (Wildman–Crippen MR) is 110 cm³/mol. The SMILES string of the molecule is COCCN(C[C@@H]1CCCN2CCCC[C@H]12)C(=O)Cc1ccc2c(c1)CCO2. The molecule has 0 N–H and O–H groups in total. The summed E-state index contributed by atoms with van der Waals surface area (Å²) >= 11 is 0. The van der Waals surface area contributed by atoms with E-state index < -0.39 is 0 Å². The molecule has 28 heavy (non-hydrogen) atoms. The fourth-order valence-electron chi connectivity index (χ4n) is 5.23. The standard InChI is InChI=1S/C23H34N2O3/c1-27-14-12-25(17-20-5-4-11-24-10-3-2-6-21(20)24)23(26)16-18-7-8-22-19(15-18)9-13-28-22/h7-8,15,20-21H,2-6,9-14,16-17H2,1H3/t20-,21+/m0/s1. The number of fused-ring (bicyclic) bond motifs is 2. The summed E-state index contributed by atoms with van der Waals surface area (Å²) in [6.45, 7) is 5.40. The Bertz CT molecular complexity index is 676. The second kappa shape index (κ2) is 9.27. The first-order chi connectivity index (χ1) is 13.7. The Morgan fingerprint density at radius 2 is 2.14 bits per heavy atom. The molecule has 0 spiro atoms. The zero-order valence-electron chi connectivity index (χ0n) is 17.2. The first-order valence-electron chi connectivity index (χ1n) is 11.0. The summed E-state index contributed by atoms with van der Waals surface area (Å²) in [4.78, 5) is 17.9. The number of amides is 1. The molecule has 1 amide bonds. The molecule has 0 aliphatic carbocycles. The lowest BCUT2D eigenvalue weighted by molar-refractivity contribution is -0.132. The number of hydrogen-bond acceptors (Lipinski definition) is 4. The zero-order chi connectivity index (χ0) is 19.3. The minimum Gasteiger partial charge on any atom is -0.493 e. The van der Waals surface area contributed by atoms with Crippen LogP contribution < -0.4 is 4.74 Å². The van der Waals surface area contributed by atoms with Gasteiger partial charge in [-0.05, 0) is 61.9 Å². The van der Waals surface area contributed by atoms with Crippen molar-refractivity contribution < 1.29 is 14.3 Å². The third-order valence-corrected chi connectivity index (χ3v) is 6.71. The lowest BCUT2D eigenvalue weighted by Gasteiger charge is -2.45. The van der Waals surface area contributed by atoms with E-state index in [-0.39, 0.29) is 5.91 Å². The van der Waals surface area contributed by atoms with Crippen molar-refractivity contribution in [2.75, 3.05) is 46.5 Å². The van der Waals surface area contributed by atoms with Crippen molar-refractivity contribution in [1.82, 2.24) is 9.80 Å². The average molecular weight is 387 g/mol. The van der Waals surface area contributed by atoms with E-state index in [0.29, 0.717) is 31.5 Å². The first kappa shape index (κ1) is 19.7. The van der Waals surface area contributed by atoms with E-state index >= 15 is 0 Å². The molecule has 4 rings (SSSR count). The summed E-state index contributed by atoms with van der Waals surface area (Å²) in [6, 6.07) is 6.88. The van der Waals surface area contributed by atoms with Crippen molar-refractivity contribution in [2.24, 2.45) is 5.92 Å². The molecule has 1 aromatic rings. The molecule has 0 aromatic heterocycles. The Labute approximate surface area is 169 Å². The molecule has 0 unspecified atom stereocenters. The summed E-state index contributed by atoms with van der Waals surface area (Å²) in [5, 5.41) is 0. The number of carbonyl (C=O) groups is 1. The van der Waals surface area contributed by atoms with Crippen molar-refractivity contribution >= 4 is 5.91 Å². The lowest BCUT2D eigenvalue weighted by atomic mass is 9.83. The van der Waals surface area contributed by atoms with Gasteiger partial charge in [0, 0.05) is 32.7 Å². The molecule has 0 saturated carbocycles. The van der Waals surface area contributed by atoms with E-state index in [1.165, 1.54) is 50.8 Å². The van der Waals surface area contributed by atoms with Gasteiger partial charge in [0.2, 0.25) is 5.91 Å². The molecule has 0 radical (unpaired) electrons. The van der Waals surface area contributed by atoms with Gasteiger partial charge in [-0.25, -0.2) is 0 Å². The van der Waals surface area contributed by atoms with Crippen LogP contribution in [-0.4, -0.2) is 68.3 Å². The van der Waals surface area contributed by atoms with E-state index in [4.69, 9.17) is 9.47 Å². The summed E-state index contributed by atoms with van der Waals surface area (Å²) in [5.74, 6) is 1.80. The van der Waals surface area contributed by atoms with E-state index in [9.17, 15) is 4.79 Å². The van der Waals surface area contributed by atoms with Gasteiger partial charge in [0.15, 0.2) is 0 Å². The number of nitrogens with zero attached hydrogens (tertiary/aromatic N) is 2. The number of carbonyl (C=O) groups excluding carboxylic acids is 1. The van der Waals surface area contributed by atoms with Crippen LogP contribution in [0.5, 0.6) is 5.75 Å². The van der Waals surface area contributed by atoms with Gasteiger partial charge in [0.05, 0.1) is 19.6 Å². The third kappa shape index (κ3) is 4.52. The molecule has 0 bridgehead atoms. The normalized spacial score (nSPS) is 24.3. The van der Waals surface area contributed by atoms with Gasteiger partial charge in [-0.3, -0.25) is 4.79 Å². The fraction of sp³-hybridized carbons (Fsp3) is 0.696. The summed E-state index contributed by atoms with van der Waals surface area (Å²) in [6.07, 6.45) is 7.88. The second-order valence-electron chi connectivity index (χ2n) is 8.55. The molecular formula is C23H34N2O3. The highest BCUT2D eigenvalue weighted by molar-refractivity contribution is 5.79. The Morgan fingerprint density at radius 1 is 1.25 bits per heavy atom. The summed E-state index contributed by atoms with van der Waals surface area (Å²) in [7, 11) is 1.71. The Kier molecular flexibility index (Phi) is 6.53. The highest BCUT2D eigenvalue weighted by atomic mass is 16.5. The van der Waals surface area contributed by atoms with E-state index in [1.807, 2.05) is 12.1 Å². The molecule has 2 fully saturated rings. The third-order valence-electron chi connectivity index (χ3n) is 6.71. The van der Waals surface area contributed by atoms with Crippen LogP contribution in [0.2, 0.25) is 0 Å². The van der Waals surface area contributed by atoms with E-state index in [1.54, 1.807) is 7.11 Å². The fourth-order valence-corrected chi connectivity index (χ4v) is 5.23. The van der Waals surface area contributed by atoms with Crippen LogP contribution in [0.15, 0.2) is 18.2 Å². The minimum atomic E-state index is 0.226. The number of hydrogen-bond donors (Lipinski definition) is 0. The van der Waals surface area contributed by atoms with Gasteiger partial charge < -0.3 is 19.3 Å². The van der Waals surface area contributed by atoms with Crippen LogP contribution in [0.25, 0.3) is 0 Å². The van der Waals surface area contributed by atoms with Crippen LogP contribution in [0, 0.1) is 5.92 Å².